The van der Waals surface area contributed by atoms with E-state index in [-0.39, 0.29) is 10.8 Å². The van der Waals surface area contributed by atoms with E-state index in [0.717, 1.165) is 17.7 Å². The Hall–Kier alpha value is -4.06. The van der Waals surface area contributed by atoms with Gasteiger partial charge in [0.05, 0.1) is 54.3 Å². The lowest BCUT2D eigenvalue weighted by Gasteiger charge is -2.11. The first kappa shape index (κ1) is 29.4. The molecule has 0 saturated carbocycles. The zero-order valence-corrected chi connectivity index (χ0v) is 24.7. The Balaban J connectivity index is 1.63. The lowest BCUT2D eigenvalue weighted by atomic mass is 10.1. The minimum atomic E-state index is -4.51. The van der Waals surface area contributed by atoms with E-state index in [1.54, 1.807) is 62.2 Å². The minimum absolute atomic E-state index is 0.103. The normalized spacial score (nSPS) is 12.3. The van der Waals surface area contributed by atoms with Gasteiger partial charge in [0.2, 0.25) is 4.80 Å². The molecule has 7 nitrogen and oxygen atoms in total. The van der Waals surface area contributed by atoms with Crippen LogP contribution in [0.5, 0.6) is 11.5 Å². The number of hydrogen-bond donors (Lipinski definition) is 0. The number of hydrogen-bond acceptors (Lipinski definition) is 6. The van der Waals surface area contributed by atoms with Gasteiger partial charge in [0.15, 0.2) is 0 Å². The van der Waals surface area contributed by atoms with E-state index >= 15 is 0 Å². The highest BCUT2D eigenvalue weighted by atomic mass is 35.5. The number of methoxy groups -OCH3 is 2. The van der Waals surface area contributed by atoms with E-state index in [4.69, 9.17) is 42.8 Å². The first-order chi connectivity index (χ1) is 20.1. The van der Waals surface area contributed by atoms with Crippen LogP contribution >= 0.6 is 34.5 Å². The number of ether oxygens (including phenoxy) is 2. The second-order valence-electron chi connectivity index (χ2n) is 8.86. The number of aryl methyl sites for hydroxylation is 1. The number of alkyl halides is 3. The summed E-state index contributed by atoms with van der Waals surface area (Å²) < 4.78 is 53.8. The van der Waals surface area contributed by atoms with Crippen LogP contribution in [0.25, 0.3) is 16.9 Å². The van der Waals surface area contributed by atoms with Crippen molar-refractivity contribution in [3.05, 3.63) is 104 Å². The Bertz CT molecular complexity index is 1840. The number of aromatic nitrogens is 3. The smallest absolute Gasteiger partial charge is 0.416 e. The zero-order valence-electron chi connectivity index (χ0n) is 22.4. The third-order valence-electron chi connectivity index (χ3n) is 6.19. The van der Waals surface area contributed by atoms with Gasteiger partial charge in [-0.05, 0) is 61.5 Å². The second-order valence-corrected chi connectivity index (χ2v) is 10.5. The molecule has 0 radical (unpaired) electrons. The highest BCUT2D eigenvalue weighted by Gasteiger charge is 2.31. The molecule has 0 aliphatic rings. The van der Waals surface area contributed by atoms with Crippen molar-refractivity contribution in [1.29, 1.82) is 0 Å². The molecule has 2 aromatic heterocycles. The Kier molecular flexibility index (Phi) is 8.44. The number of thiazole rings is 1. The third-order valence-corrected chi connectivity index (χ3v) is 7.62. The van der Waals surface area contributed by atoms with Crippen molar-refractivity contribution in [3.8, 4) is 28.4 Å². The molecule has 42 heavy (non-hydrogen) atoms. The van der Waals surface area contributed by atoms with Gasteiger partial charge in [-0.3, -0.25) is 0 Å². The van der Waals surface area contributed by atoms with Crippen molar-refractivity contribution in [2.24, 2.45) is 10.1 Å². The molecule has 0 aliphatic heterocycles. The molecular formula is C29H22Cl2F3N5O2S. The molecule has 0 N–H and O–H groups in total. The third kappa shape index (κ3) is 6.08. The van der Waals surface area contributed by atoms with E-state index < -0.39 is 11.7 Å². The van der Waals surface area contributed by atoms with E-state index in [2.05, 4.69) is 5.10 Å². The molecule has 0 aliphatic carbocycles. The molecule has 0 bridgehead atoms. The number of halogens is 5. The average Bonchev–Trinajstić information content (AvgIpc) is 3.50. The fraction of sp³-hybridized carbons (Fsp3) is 0.138. The summed E-state index contributed by atoms with van der Waals surface area (Å²) >= 11 is 14.0. The standard InChI is InChI=1S/C29H22Cl2F3N5O2S/c1-17-24(27(31)38(37-17)21-6-4-5-18(13-21)29(32,33)34)15-35-39-25(23-12-11-22(40-2)14-26(23)41-3)16-42-28(39)36-20-9-7-19(30)8-10-20/h4-16H,1-3H3/b35-15+,36-28?. The van der Waals surface area contributed by atoms with Crippen LogP contribution in [0.4, 0.5) is 18.9 Å². The highest BCUT2D eigenvalue weighted by molar-refractivity contribution is 7.07. The summed E-state index contributed by atoms with van der Waals surface area (Å²) in [7, 11) is 3.13. The van der Waals surface area contributed by atoms with Crippen LogP contribution in [0.3, 0.4) is 0 Å². The van der Waals surface area contributed by atoms with E-state index in [1.165, 1.54) is 34.4 Å². The van der Waals surface area contributed by atoms with Gasteiger partial charge < -0.3 is 9.47 Å². The Morgan fingerprint density at radius 1 is 0.976 bits per heavy atom. The maximum atomic E-state index is 13.3. The van der Waals surface area contributed by atoms with Gasteiger partial charge in [-0.15, -0.1) is 11.3 Å². The molecule has 13 heteroatoms. The maximum Gasteiger partial charge on any atom is 0.416 e. The molecule has 216 valence electrons. The molecule has 0 saturated heterocycles. The zero-order chi connectivity index (χ0) is 30.0. The van der Waals surface area contributed by atoms with Gasteiger partial charge >= 0.3 is 6.18 Å². The van der Waals surface area contributed by atoms with Crippen molar-refractivity contribution < 1.29 is 22.6 Å². The van der Waals surface area contributed by atoms with Crippen LogP contribution in [0.15, 0.2) is 82.2 Å². The lowest BCUT2D eigenvalue weighted by molar-refractivity contribution is -0.137. The predicted molar refractivity (Wildman–Crippen MR) is 159 cm³/mol. The average molecular weight is 632 g/mol. The van der Waals surface area contributed by atoms with Crippen molar-refractivity contribution in [2.45, 2.75) is 13.1 Å². The number of nitrogens with zero attached hydrogens (tertiary/aromatic N) is 5. The molecule has 3 aromatic carbocycles. The lowest BCUT2D eigenvalue weighted by Crippen LogP contribution is -2.12. The summed E-state index contributed by atoms with van der Waals surface area (Å²) in [4.78, 5) is 5.27. The van der Waals surface area contributed by atoms with Crippen molar-refractivity contribution in [2.75, 3.05) is 14.2 Å². The van der Waals surface area contributed by atoms with Crippen LogP contribution in [0.1, 0.15) is 16.8 Å². The van der Waals surface area contributed by atoms with Crippen LogP contribution in [-0.4, -0.2) is 34.9 Å². The second kappa shape index (κ2) is 12.0. The maximum absolute atomic E-state index is 13.3. The number of benzene rings is 3. The Morgan fingerprint density at radius 3 is 2.43 bits per heavy atom. The molecular weight excluding hydrogens is 610 g/mol. The topological polar surface area (TPSA) is 65.9 Å². The van der Waals surface area contributed by atoms with Crippen LogP contribution in [0, 0.1) is 6.92 Å². The summed E-state index contributed by atoms with van der Waals surface area (Å²) in [5.41, 5.74) is 2.32. The summed E-state index contributed by atoms with van der Waals surface area (Å²) in [5, 5.41) is 11.7. The summed E-state index contributed by atoms with van der Waals surface area (Å²) in [6, 6.07) is 17.2. The van der Waals surface area contributed by atoms with E-state index in [1.807, 2.05) is 11.4 Å². The highest BCUT2D eigenvalue weighted by Crippen LogP contribution is 2.34. The van der Waals surface area contributed by atoms with Gasteiger partial charge in [0.25, 0.3) is 0 Å². The van der Waals surface area contributed by atoms with Crippen LogP contribution in [-0.2, 0) is 6.18 Å². The van der Waals surface area contributed by atoms with E-state index in [0.29, 0.717) is 44.0 Å². The summed E-state index contributed by atoms with van der Waals surface area (Å²) in [5.74, 6) is 1.18. The molecule has 0 spiro atoms. The van der Waals surface area contributed by atoms with Crippen molar-refractivity contribution in [1.82, 2.24) is 14.5 Å². The van der Waals surface area contributed by atoms with Crippen molar-refractivity contribution in [3.63, 3.8) is 0 Å². The van der Waals surface area contributed by atoms with E-state index in [9.17, 15) is 13.2 Å². The Labute approximate surface area is 252 Å². The fourth-order valence-electron chi connectivity index (χ4n) is 4.07. The first-order valence-corrected chi connectivity index (χ1v) is 13.9. The molecule has 5 aromatic rings. The molecule has 5 rings (SSSR count). The van der Waals surface area contributed by atoms with Gasteiger partial charge in [-0.25, -0.2) is 14.4 Å². The van der Waals surface area contributed by atoms with Crippen LogP contribution < -0.4 is 14.3 Å². The molecule has 2 heterocycles. The van der Waals surface area contributed by atoms with Gasteiger partial charge in [0.1, 0.15) is 16.7 Å². The quantitative estimate of drug-likeness (QED) is 0.170. The summed E-state index contributed by atoms with van der Waals surface area (Å²) in [6.45, 7) is 1.70. The molecule has 0 unspecified atom stereocenters. The van der Waals surface area contributed by atoms with Crippen LogP contribution in [0.2, 0.25) is 10.2 Å². The number of rotatable bonds is 7. The summed E-state index contributed by atoms with van der Waals surface area (Å²) in [6.07, 6.45) is -3.00. The Morgan fingerprint density at radius 2 is 1.74 bits per heavy atom. The molecule has 0 amide bonds. The first-order valence-electron chi connectivity index (χ1n) is 12.3. The monoisotopic (exact) mass is 631 g/mol. The molecule has 0 fully saturated rings. The predicted octanol–water partition coefficient (Wildman–Crippen LogP) is 8.17. The fourth-order valence-corrected chi connectivity index (χ4v) is 5.36. The largest absolute Gasteiger partial charge is 0.497 e. The van der Waals surface area contributed by atoms with Gasteiger partial charge in [-0.2, -0.15) is 23.4 Å². The SMILES string of the molecule is COc1ccc(-c2csc(=Nc3ccc(Cl)cc3)n2/N=C/c2c(C)nn(-c3cccc(C(F)(F)F)c3)c2Cl)c(OC)c1. The molecule has 0 atom stereocenters. The van der Waals surface area contributed by atoms with Gasteiger partial charge in [-0.1, -0.05) is 29.3 Å². The van der Waals surface area contributed by atoms with Gasteiger partial charge in [0, 0.05) is 22.0 Å². The van der Waals surface area contributed by atoms with Crippen molar-refractivity contribution >= 4 is 46.4 Å². The minimum Gasteiger partial charge on any atom is -0.497 e.